The van der Waals surface area contributed by atoms with Crippen molar-refractivity contribution in [2.75, 3.05) is 13.1 Å². The van der Waals surface area contributed by atoms with Crippen LogP contribution in [-0.2, 0) is 4.79 Å². The molecule has 1 aliphatic rings. The van der Waals surface area contributed by atoms with E-state index in [0.29, 0.717) is 18.5 Å². The monoisotopic (exact) mass is 376 g/mol. The number of aliphatic carboxylic acids is 1. The van der Waals surface area contributed by atoms with Crippen LogP contribution >= 0.6 is 15.9 Å². The predicted molar refractivity (Wildman–Crippen MR) is 90.4 cm³/mol. The van der Waals surface area contributed by atoms with Gasteiger partial charge in [-0.2, -0.15) is 0 Å². The van der Waals surface area contributed by atoms with Crippen molar-refractivity contribution in [2.45, 2.75) is 19.8 Å². The maximum Gasteiger partial charge on any atom is 0.308 e. The number of rotatable bonds is 2. The largest absolute Gasteiger partial charge is 0.481 e. The molecule has 0 radical (unpaired) electrons. The lowest BCUT2D eigenvalue weighted by molar-refractivity contribution is -0.143. The number of pyridine rings is 1. The van der Waals surface area contributed by atoms with Crippen molar-refractivity contribution in [1.82, 2.24) is 9.88 Å². The Labute approximate surface area is 142 Å². The van der Waals surface area contributed by atoms with Gasteiger partial charge in [0.05, 0.1) is 17.0 Å². The van der Waals surface area contributed by atoms with Crippen molar-refractivity contribution < 1.29 is 14.7 Å². The molecule has 1 N–H and O–H groups in total. The van der Waals surface area contributed by atoms with E-state index >= 15 is 0 Å². The van der Waals surface area contributed by atoms with Crippen LogP contribution in [-0.4, -0.2) is 40.0 Å². The van der Waals surface area contributed by atoms with Crippen molar-refractivity contribution in [3.63, 3.8) is 0 Å². The average Bonchev–Trinajstić information content (AvgIpc) is 2.53. The summed E-state index contributed by atoms with van der Waals surface area (Å²) in [6, 6.07) is 7.42. The SMILES string of the molecule is Cc1cc(C(=O)N2CCCC(C(=O)O)C2)c2ccc(Br)cc2n1. The number of aryl methyl sites for hydroxylation is 1. The van der Waals surface area contributed by atoms with Crippen molar-refractivity contribution >= 4 is 38.7 Å². The van der Waals surface area contributed by atoms with E-state index in [1.54, 1.807) is 11.0 Å². The first-order valence-electron chi connectivity index (χ1n) is 7.54. The summed E-state index contributed by atoms with van der Waals surface area (Å²) in [5, 5.41) is 9.99. The Hall–Kier alpha value is -1.95. The molecule has 2 aromatic rings. The number of carbonyl (C=O) groups excluding carboxylic acids is 1. The zero-order valence-corrected chi connectivity index (χ0v) is 14.3. The van der Waals surface area contributed by atoms with E-state index in [9.17, 15) is 14.7 Å². The van der Waals surface area contributed by atoms with Gasteiger partial charge in [0, 0.05) is 28.6 Å². The molecule has 3 rings (SSSR count). The van der Waals surface area contributed by atoms with Crippen LogP contribution in [0.3, 0.4) is 0 Å². The number of piperidine rings is 1. The van der Waals surface area contributed by atoms with Gasteiger partial charge in [-0.15, -0.1) is 0 Å². The number of aromatic nitrogens is 1. The van der Waals surface area contributed by atoms with E-state index < -0.39 is 11.9 Å². The Morgan fingerprint density at radius 2 is 2.13 bits per heavy atom. The van der Waals surface area contributed by atoms with E-state index in [1.807, 2.05) is 25.1 Å². The van der Waals surface area contributed by atoms with Gasteiger partial charge in [0.1, 0.15) is 0 Å². The molecule has 1 saturated heterocycles. The number of nitrogens with zero attached hydrogens (tertiary/aromatic N) is 2. The highest BCUT2D eigenvalue weighted by molar-refractivity contribution is 9.10. The number of carboxylic acids is 1. The Bertz CT molecular complexity index is 785. The highest BCUT2D eigenvalue weighted by Gasteiger charge is 2.29. The van der Waals surface area contributed by atoms with Gasteiger partial charge in [-0.3, -0.25) is 14.6 Å². The van der Waals surface area contributed by atoms with Crippen LogP contribution in [0.15, 0.2) is 28.7 Å². The molecule has 1 aromatic heterocycles. The quantitative estimate of drug-likeness (QED) is 0.872. The molecule has 0 aliphatic carbocycles. The van der Waals surface area contributed by atoms with E-state index in [0.717, 1.165) is 27.5 Å². The molecule has 0 spiro atoms. The topological polar surface area (TPSA) is 70.5 Å². The molecule has 0 saturated carbocycles. The van der Waals surface area contributed by atoms with Crippen LogP contribution in [0.1, 0.15) is 28.9 Å². The first-order chi connectivity index (χ1) is 11.0. The molecular weight excluding hydrogens is 360 g/mol. The summed E-state index contributed by atoms with van der Waals surface area (Å²) in [6.07, 6.45) is 1.35. The smallest absolute Gasteiger partial charge is 0.308 e. The predicted octanol–water partition coefficient (Wildman–Crippen LogP) is 3.24. The third kappa shape index (κ3) is 3.22. The van der Waals surface area contributed by atoms with Gasteiger partial charge in [-0.05, 0) is 38.0 Å². The number of amides is 1. The number of hydrogen-bond donors (Lipinski definition) is 1. The molecule has 6 heteroatoms. The Kier molecular flexibility index (Phi) is 4.35. The number of carbonyl (C=O) groups is 2. The number of likely N-dealkylation sites (tertiary alicyclic amines) is 1. The van der Waals surface area contributed by atoms with Gasteiger partial charge >= 0.3 is 5.97 Å². The molecule has 1 amide bonds. The molecule has 1 aliphatic heterocycles. The van der Waals surface area contributed by atoms with Crippen molar-refractivity contribution in [1.29, 1.82) is 0 Å². The maximum atomic E-state index is 12.9. The number of halogens is 1. The fourth-order valence-corrected chi connectivity index (χ4v) is 3.39. The summed E-state index contributed by atoms with van der Waals surface area (Å²) in [5.41, 5.74) is 2.12. The Balaban J connectivity index is 1.99. The minimum absolute atomic E-state index is 0.117. The van der Waals surface area contributed by atoms with Crippen molar-refractivity contribution in [2.24, 2.45) is 5.92 Å². The molecule has 1 atom stereocenters. The second kappa shape index (κ2) is 6.28. The van der Waals surface area contributed by atoms with Gasteiger partial charge in [-0.1, -0.05) is 22.0 Å². The molecule has 120 valence electrons. The summed E-state index contributed by atoms with van der Waals surface area (Å²) in [4.78, 5) is 30.2. The lowest BCUT2D eigenvalue weighted by Gasteiger charge is -2.31. The fourth-order valence-electron chi connectivity index (χ4n) is 3.04. The zero-order chi connectivity index (χ0) is 16.6. The Morgan fingerprint density at radius 3 is 2.87 bits per heavy atom. The third-order valence-corrected chi connectivity index (χ3v) is 4.68. The number of fused-ring (bicyclic) bond motifs is 1. The summed E-state index contributed by atoms with van der Waals surface area (Å²) in [7, 11) is 0. The minimum Gasteiger partial charge on any atom is -0.481 e. The van der Waals surface area contributed by atoms with Gasteiger partial charge in [-0.25, -0.2) is 0 Å². The molecule has 2 heterocycles. The molecule has 0 bridgehead atoms. The van der Waals surface area contributed by atoms with Gasteiger partial charge < -0.3 is 10.0 Å². The van der Waals surface area contributed by atoms with E-state index in [-0.39, 0.29) is 12.5 Å². The summed E-state index contributed by atoms with van der Waals surface area (Å²) < 4.78 is 0.908. The van der Waals surface area contributed by atoms with Crippen molar-refractivity contribution in [3.05, 3.63) is 40.0 Å². The molecule has 23 heavy (non-hydrogen) atoms. The first-order valence-corrected chi connectivity index (χ1v) is 8.34. The van der Waals surface area contributed by atoms with E-state index in [4.69, 9.17) is 0 Å². The zero-order valence-electron chi connectivity index (χ0n) is 12.8. The molecule has 1 fully saturated rings. The molecule has 5 nitrogen and oxygen atoms in total. The normalized spacial score (nSPS) is 18.2. The van der Waals surface area contributed by atoms with E-state index in [2.05, 4.69) is 20.9 Å². The van der Waals surface area contributed by atoms with Crippen LogP contribution in [0.25, 0.3) is 10.9 Å². The summed E-state index contributed by atoms with van der Waals surface area (Å²) in [6.45, 7) is 2.73. The number of carboxylic acid groups (broad SMARTS) is 1. The molecule has 1 unspecified atom stereocenters. The van der Waals surface area contributed by atoms with Gasteiger partial charge in [0.2, 0.25) is 0 Å². The van der Waals surface area contributed by atoms with E-state index in [1.165, 1.54) is 0 Å². The van der Waals surface area contributed by atoms with Gasteiger partial charge in [0.15, 0.2) is 0 Å². The van der Waals surface area contributed by atoms with Crippen LogP contribution < -0.4 is 0 Å². The number of hydrogen-bond acceptors (Lipinski definition) is 3. The second-order valence-electron chi connectivity index (χ2n) is 5.90. The molecular formula is C17H17BrN2O3. The average molecular weight is 377 g/mol. The second-order valence-corrected chi connectivity index (χ2v) is 6.82. The minimum atomic E-state index is -0.831. The maximum absolute atomic E-state index is 12.9. The summed E-state index contributed by atoms with van der Waals surface area (Å²) in [5.74, 6) is -1.42. The number of benzene rings is 1. The van der Waals surface area contributed by atoms with Crippen LogP contribution in [0.2, 0.25) is 0 Å². The van der Waals surface area contributed by atoms with Crippen molar-refractivity contribution in [3.8, 4) is 0 Å². The van der Waals surface area contributed by atoms with Crippen LogP contribution in [0.5, 0.6) is 0 Å². The van der Waals surface area contributed by atoms with Crippen LogP contribution in [0.4, 0.5) is 0 Å². The highest BCUT2D eigenvalue weighted by Crippen LogP contribution is 2.25. The van der Waals surface area contributed by atoms with Crippen LogP contribution in [0, 0.1) is 12.8 Å². The first kappa shape index (κ1) is 15.9. The Morgan fingerprint density at radius 1 is 1.35 bits per heavy atom. The summed E-state index contributed by atoms with van der Waals surface area (Å²) >= 11 is 3.42. The standard InChI is InChI=1S/C17H17BrN2O3/c1-10-7-14(13-5-4-12(18)8-15(13)19-10)16(21)20-6-2-3-11(9-20)17(22)23/h4-5,7-8,11H,2-3,6,9H2,1H3,(H,22,23). The molecule has 1 aromatic carbocycles. The highest BCUT2D eigenvalue weighted by atomic mass is 79.9. The van der Waals surface area contributed by atoms with Gasteiger partial charge in [0.25, 0.3) is 5.91 Å². The lowest BCUT2D eigenvalue weighted by Crippen LogP contribution is -2.42. The fraction of sp³-hybridized carbons (Fsp3) is 0.353. The third-order valence-electron chi connectivity index (χ3n) is 4.19. The lowest BCUT2D eigenvalue weighted by atomic mass is 9.97.